The fourth-order valence-corrected chi connectivity index (χ4v) is 3.59. The maximum Gasteiger partial charge on any atom is 0.240 e. The maximum atomic E-state index is 12.3. The third kappa shape index (κ3) is 3.14. The summed E-state index contributed by atoms with van der Waals surface area (Å²) in [5.74, 6) is -0.995. The topological polar surface area (TPSA) is 66.5 Å². The Morgan fingerprint density at radius 2 is 1.74 bits per heavy atom. The third-order valence-corrected chi connectivity index (χ3v) is 4.97. The van der Waals surface area contributed by atoms with E-state index in [-0.39, 0.29) is 36.1 Å². The fourth-order valence-electron chi connectivity index (χ4n) is 3.59. The quantitative estimate of drug-likeness (QED) is 0.862. The first-order valence-electron chi connectivity index (χ1n) is 8.24. The molecule has 2 atom stereocenters. The lowest BCUT2D eigenvalue weighted by molar-refractivity contribution is -0.143. The van der Waals surface area contributed by atoms with Crippen LogP contribution in [0.3, 0.4) is 0 Å². The van der Waals surface area contributed by atoms with E-state index in [1.807, 2.05) is 31.2 Å². The zero-order chi connectivity index (χ0) is 16.4. The molecule has 2 unspecified atom stereocenters. The molecule has 1 heterocycles. The highest BCUT2D eigenvalue weighted by Crippen LogP contribution is 2.37. The van der Waals surface area contributed by atoms with Crippen LogP contribution >= 0.6 is 0 Å². The van der Waals surface area contributed by atoms with E-state index in [2.05, 4.69) is 5.32 Å². The Hall–Kier alpha value is -2.17. The molecule has 0 spiro atoms. The van der Waals surface area contributed by atoms with Crippen LogP contribution in [0.25, 0.3) is 0 Å². The number of hydrogen-bond acceptors (Lipinski definition) is 3. The molecule has 1 aliphatic heterocycles. The molecule has 122 valence electrons. The van der Waals surface area contributed by atoms with Gasteiger partial charge in [-0.1, -0.05) is 37.1 Å². The molecular formula is C18H22N2O3. The number of aryl methyl sites for hydroxylation is 1. The lowest BCUT2D eigenvalue weighted by Gasteiger charge is -2.19. The van der Waals surface area contributed by atoms with Gasteiger partial charge >= 0.3 is 0 Å². The maximum absolute atomic E-state index is 12.3. The monoisotopic (exact) mass is 314 g/mol. The van der Waals surface area contributed by atoms with E-state index in [9.17, 15) is 14.4 Å². The average Bonchev–Trinajstić information content (AvgIpc) is 2.80. The van der Waals surface area contributed by atoms with Gasteiger partial charge in [0.05, 0.1) is 11.8 Å². The van der Waals surface area contributed by atoms with Crippen LogP contribution in [-0.2, 0) is 20.9 Å². The van der Waals surface area contributed by atoms with Crippen molar-refractivity contribution < 1.29 is 14.4 Å². The van der Waals surface area contributed by atoms with E-state index in [4.69, 9.17) is 0 Å². The Morgan fingerprint density at radius 3 is 2.35 bits per heavy atom. The predicted octanol–water partition coefficient (Wildman–Crippen LogP) is 1.79. The van der Waals surface area contributed by atoms with E-state index >= 15 is 0 Å². The van der Waals surface area contributed by atoms with Crippen LogP contribution in [0.4, 0.5) is 0 Å². The molecule has 2 aliphatic rings. The molecule has 23 heavy (non-hydrogen) atoms. The normalized spacial score (nSPS) is 23.8. The molecule has 5 heteroatoms. The molecule has 0 bridgehead atoms. The first-order valence-corrected chi connectivity index (χ1v) is 8.24. The number of benzene rings is 1. The summed E-state index contributed by atoms with van der Waals surface area (Å²) >= 11 is 0. The summed E-state index contributed by atoms with van der Waals surface area (Å²) < 4.78 is 0. The average molecular weight is 314 g/mol. The smallest absolute Gasteiger partial charge is 0.240 e. The van der Waals surface area contributed by atoms with Gasteiger partial charge in [-0.25, -0.2) is 0 Å². The van der Waals surface area contributed by atoms with Crippen molar-refractivity contribution in [3.8, 4) is 0 Å². The van der Waals surface area contributed by atoms with Crippen molar-refractivity contribution in [2.24, 2.45) is 11.8 Å². The van der Waals surface area contributed by atoms with Gasteiger partial charge in [-0.2, -0.15) is 0 Å². The van der Waals surface area contributed by atoms with Gasteiger partial charge in [0.25, 0.3) is 0 Å². The Bertz CT molecular complexity index is 617. The van der Waals surface area contributed by atoms with Crippen molar-refractivity contribution >= 4 is 17.7 Å². The van der Waals surface area contributed by atoms with Crippen molar-refractivity contribution in [3.05, 3.63) is 35.4 Å². The van der Waals surface area contributed by atoms with Gasteiger partial charge in [0.15, 0.2) is 0 Å². The van der Waals surface area contributed by atoms with E-state index in [1.54, 1.807) is 0 Å². The van der Waals surface area contributed by atoms with Gasteiger partial charge in [-0.15, -0.1) is 0 Å². The van der Waals surface area contributed by atoms with Crippen LogP contribution in [0, 0.1) is 18.8 Å². The number of nitrogens with zero attached hydrogens (tertiary/aromatic N) is 1. The van der Waals surface area contributed by atoms with Crippen molar-refractivity contribution in [2.75, 3.05) is 6.54 Å². The number of carbonyl (C=O) groups excluding carboxylic acids is 3. The molecule has 2 fully saturated rings. The Balaban J connectivity index is 1.58. The number of likely N-dealkylation sites (tertiary alicyclic amines) is 1. The van der Waals surface area contributed by atoms with Crippen LogP contribution in [0.2, 0.25) is 0 Å². The van der Waals surface area contributed by atoms with Crippen LogP contribution in [0.5, 0.6) is 0 Å². The van der Waals surface area contributed by atoms with Crippen molar-refractivity contribution in [2.45, 2.75) is 39.2 Å². The summed E-state index contributed by atoms with van der Waals surface area (Å²) in [6, 6.07) is 7.81. The molecule has 0 radical (unpaired) electrons. The molecule has 0 aromatic heterocycles. The van der Waals surface area contributed by atoms with E-state index in [0.29, 0.717) is 6.54 Å². The summed E-state index contributed by atoms with van der Waals surface area (Å²) in [6.07, 6.45) is 3.54. The Morgan fingerprint density at radius 1 is 1.13 bits per heavy atom. The molecule has 3 rings (SSSR count). The number of nitrogens with one attached hydrogen (secondary N) is 1. The summed E-state index contributed by atoms with van der Waals surface area (Å²) in [5, 5.41) is 2.80. The molecule has 5 nitrogen and oxygen atoms in total. The number of imide groups is 1. The second kappa shape index (κ2) is 6.52. The second-order valence-electron chi connectivity index (χ2n) is 6.46. The first-order chi connectivity index (χ1) is 11.1. The Kier molecular flexibility index (Phi) is 4.46. The number of hydrogen-bond donors (Lipinski definition) is 1. The highest BCUT2D eigenvalue weighted by atomic mass is 16.2. The number of carbonyl (C=O) groups is 3. The van der Waals surface area contributed by atoms with Gasteiger partial charge < -0.3 is 5.32 Å². The van der Waals surface area contributed by atoms with Gasteiger partial charge in [0.2, 0.25) is 17.7 Å². The Labute approximate surface area is 136 Å². The third-order valence-electron chi connectivity index (χ3n) is 4.97. The molecular weight excluding hydrogens is 292 g/mol. The minimum absolute atomic E-state index is 0.156. The van der Waals surface area contributed by atoms with Crippen LogP contribution < -0.4 is 5.32 Å². The standard InChI is InChI=1S/C18H22N2O3/c1-12-6-2-3-7-13(12)10-19-16(21)11-20-17(22)14-8-4-5-9-15(14)18(20)23/h2-3,6-7,14-15H,4-5,8-11H2,1H3,(H,19,21). The number of fused-ring (bicyclic) bond motifs is 1. The summed E-state index contributed by atoms with van der Waals surface area (Å²) in [6.45, 7) is 2.24. The van der Waals surface area contributed by atoms with Crippen LogP contribution in [0.15, 0.2) is 24.3 Å². The summed E-state index contributed by atoms with van der Waals surface area (Å²) in [4.78, 5) is 38.0. The highest BCUT2D eigenvalue weighted by molar-refractivity contribution is 6.07. The van der Waals surface area contributed by atoms with Gasteiger partial charge in [0, 0.05) is 6.54 Å². The molecule has 1 saturated heterocycles. The lowest BCUT2D eigenvalue weighted by Crippen LogP contribution is -2.40. The minimum atomic E-state index is -0.284. The van der Waals surface area contributed by atoms with Crippen LogP contribution in [0.1, 0.15) is 36.8 Å². The molecule has 1 saturated carbocycles. The zero-order valence-electron chi connectivity index (χ0n) is 13.4. The van der Waals surface area contributed by atoms with Crippen LogP contribution in [-0.4, -0.2) is 29.2 Å². The lowest BCUT2D eigenvalue weighted by atomic mass is 9.81. The first kappa shape index (κ1) is 15.7. The molecule has 3 amide bonds. The second-order valence-corrected chi connectivity index (χ2v) is 6.46. The van der Waals surface area contributed by atoms with E-state index in [0.717, 1.165) is 41.7 Å². The molecule has 1 aliphatic carbocycles. The molecule has 1 N–H and O–H groups in total. The van der Waals surface area contributed by atoms with Gasteiger partial charge in [-0.3, -0.25) is 19.3 Å². The van der Waals surface area contributed by atoms with Crippen molar-refractivity contribution in [1.29, 1.82) is 0 Å². The predicted molar refractivity (Wildman–Crippen MR) is 85.2 cm³/mol. The number of amides is 3. The molecule has 1 aromatic rings. The largest absolute Gasteiger partial charge is 0.350 e. The molecule has 1 aromatic carbocycles. The van der Waals surface area contributed by atoms with E-state index < -0.39 is 0 Å². The van der Waals surface area contributed by atoms with Crippen molar-refractivity contribution in [1.82, 2.24) is 10.2 Å². The zero-order valence-corrected chi connectivity index (χ0v) is 13.4. The summed E-state index contributed by atoms with van der Waals surface area (Å²) in [7, 11) is 0. The van der Waals surface area contributed by atoms with E-state index in [1.165, 1.54) is 0 Å². The van der Waals surface area contributed by atoms with Crippen molar-refractivity contribution in [3.63, 3.8) is 0 Å². The summed E-state index contributed by atoms with van der Waals surface area (Å²) in [5.41, 5.74) is 2.14. The van der Waals surface area contributed by atoms with Gasteiger partial charge in [-0.05, 0) is 30.9 Å². The van der Waals surface area contributed by atoms with Gasteiger partial charge in [0.1, 0.15) is 6.54 Å². The minimum Gasteiger partial charge on any atom is -0.350 e. The SMILES string of the molecule is Cc1ccccc1CNC(=O)CN1C(=O)C2CCCCC2C1=O. The fraction of sp³-hybridized carbons (Fsp3) is 0.500. The number of rotatable bonds is 4. The highest BCUT2D eigenvalue weighted by Gasteiger charge is 2.48.